The summed E-state index contributed by atoms with van der Waals surface area (Å²) in [4.78, 5) is 20.9. The quantitative estimate of drug-likeness (QED) is 0.843. The maximum atomic E-state index is 12.5. The van der Waals surface area contributed by atoms with Crippen LogP contribution in [0.4, 0.5) is 0 Å². The Bertz CT molecular complexity index is 580. The number of rotatable bonds is 3. The highest BCUT2D eigenvalue weighted by molar-refractivity contribution is 5.87. The minimum absolute atomic E-state index is 0.0295. The molecule has 1 aliphatic rings. The average molecular weight is 252 g/mol. The molecule has 3 rings (SSSR count). The number of ketones is 1. The average Bonchev–Trinajstić information content (AvgIpc) is 2.47. The van der Waals surface area contributed by atoms with Crippen LogP contribution in [0.1, 0.15) is 35.6 Å². The van der Waals surface area contributed by atoms with Gasteiger partial charge in [0, 0.05) is 25.0 Å². The minimum Gasteiger partial charge on any atom is -0.299 e. The number of aryl methyl sites for hydroxylation is 1. The van der Waals surface area contributed by atoms with Gasteiger partial charge in [-0.05, 0) is 48.6 Å². The number of pyridine rings is 2. The summed E-state index contributed by atoms with van der Waals surface area (Å²) < 4.78 is 0. The fourth-order valence-corrected chi connectivity index (χ4v) is 2.75. The van der Waals surface area contributed by atoms with Gasteiger partial charge in [0.1, 0.15) is 5.78 Å². The molecular formula is C16H16N2O. The van der Waals surface area contributed by atoms with Crippen molar-refractivity contribution in [3.8, 4) is 0 Å². The molecule has 0 saturated carbocycles. The van der Waals surface area contributed by atoms with E-state index in [4.69, 9.17) is 0 Å². The third-order valence-electron chi connectivity index (χ3n) is 3.71. The highest BCUT2D eigenvalue weighted by Crippen LogP contribution is 2.31. The molecule has 0 radical (unpaired) electrons. The number of carbonyl (C=O) groups excluding carboxylic acids is 1. The van der Waals surface area contributed by atoms with Crippen LogP contribution in [0.15, 0.2) is 42.9 Å². The molecule has 0 saturated heterocycles. The first-order chi connectivity index (χ1) is 9.34. The van der Waals surface area contributed by atoms with Crippen LogP contribution in [0.3, 0.4) is 0 Å². The van der Waals surface area contributed by atoms with Crippen LogP contribution in [0.25, 0.3) is 0 Å². The van der Waals surface area contributed by atoms with Gasteiger partial charge >= 0.3 is 0 Å². The van der Waals surface area contributed by atoms with E-state index in [-0.39, 0.29) is 11.7 Å². The Hall–Kier alpha value is -2.03. The minimum atomic E-state index is -0.0295. The lowest BCUT2D eigenvalue weighted by molar-refractivity contribution is -0.120. The molecule has 1 atom stereocenters. The molecule has 0 spiro atoms. The number of nitrogens with zero attached hydrogens (tertiary/aromatic N) is 2. The van der Waals surface area contributed by atoms with Crippen LogP contribution < -0.4 is 0 Å². The highest BCUT2D eigenvalue weighted by Gasteiger charge is 2.27. The summed E-state index contributed by atoms with van der Waals surface area (Å²) in [5.41, 5.74) is 3.26. The molecule has 0 aliphatic heterocycles. The molecule has 3 nitrogen and oxygen atoms in total. The van der Waals surface area contributed by atoms with Crippen molar-refractivity contribution in [3.63, 3.8) is 0 Å². The van der Waals surface area contributed by atoms with Gasteiger partial charge in [-0.1, -0.05) is 6.07 Å². The van der Waals surface area contributed by atoms with E-state index in [2.05, 4.69) is 16.0 Å². The fourth-order valence-electron chi connectivity index (χ4n) is 2.75. The predicted molar refractivity (Wildman–Crippen MR) is 72.9 cm³/mol. The number of Topliss-reactive ketones (excluding diaryl/α,β-unsaturated/α-hetero) is 1. The molecule has 3 heteroatoms. The Labute approximate surface area is 112 Å². The second-order valence-electron chi connectivity index (χ2n) is 4.99. The zero-order chi connectivity index (χ0) is 13.1. The second kappa shape index (κ2) is 5.31. The molecular weight excluding hydrogens is 236 g/mol. The maximum absolute atomic E-state index is 12.5. The standard InChI is InChI=1S/C16H16N2O/c19-15(11-12-6-9-17-10-7-12)14-5-1-3-13-4-2-8-18-16(13)14/h2,4,6-10,14H,1,3,5,11H2. The summed E-state index contributed by atoms with van der Waals surface area (Å²) in [6.07, 6.45) is 8.77. The molecule has 1 unspecified atom stereocenters. The Morgan fingerprint density at radius 3 is 2.89 bits per heavy atom. The van der Waals surface area contributed by atoms with Crippen LogP contribution in [0.5, 0.6) is 0 Å². The molecule has 0 bridgehead atoms. The van der Waals surface area contributed by atoms with Gasteiger partial charge in [-0.15, -0.1) is 0 Å². The smallest absolute Gasteiger partial charge is 0.146 e. The molecule has 0 amide bonds. The molecule has 1 aliphatic carbocycles. The van der Waals surface area contributed by atoms with Gasteiger partial charge in [-0.3, -0.25) is 14.8 Å². The number of aromatic nitrogens is 2. The van der Waals surface area contributed by atoms with E-state index in [0.717, 1.165) is 30.5 Å². The summed E-state index contributed by atoms with van der Waals surface area (Å²) >= 11 is 0. The van der Waals surface area contributed by atoms with Gasteiger partial charge in [-0.25, -0.2) is 0 Å². The third kappa shape index (κ3) is 2.55. The lowest BCUT2D eigenvalue weighted by atomic mass is 9.82. The first-order valence-electron chi connectivity index (χ1n) is 6.70. The molecule has 96 valence electrons. The molecule has 2 aromatic heterocycles. The first-order valence-corrected chi connectivity index (χ1v) is 6.70. The SMILES string of the molecule is O=C(Cc1ccncc1)C1CCCc2cccnc21. The lowest BCUT2D eigenvalue weighted by Gasteiger charge is -2.23. The monoisotopic (exact) mass is 252 g/mol. The fraction of sp³-hybridized carbons (Fsp3) is 0.312. The van der Waals surface area contributed by atoms with E-state index in [0.29, 0.717) is 6.42 Å². The van der Waals surface area contributed by atoms with Crippen molar-refractivity contribution >= 4 is 5.78 Å². The van der Waals surface area contributed by atoms with Crippen LogP contribution in [0.2, 0.25) is 0 Å². The molecule has 0 fully saturated rings. The van der Waals surface area contributed by atoms with Crippen molar-refractivity contribution in [3.05, 3.63) is 59.7 Å². The summed E-state index contributed by atoms with van der Waals surface area (Å²) in [5, 5.41) is 0. The van der Waals surface area contributed by atoms with Crippen molar-refractivity contribution in [2.75, 3.05) is 0 Å². The molecule has 0 aromatic carbocycles. The van der Waals surface area contributed by atoms with E-state index in [9.17, 15) is 4.79 Å². The van der Waals surface area contributed by atoms with E-state index < -0.39 is 0 Å². The van der Waals surface area contributed by atoms with Crippen LogP contribution >= 0.6 is 0 Å². The van der Waals surface area contributed by atoms with Crippen molar-refractivity contribution in [1.82, 2.24) is 9.97 Å². The Morgan fingerprint density at radius 1 is 1.21 bits per heavy atom. The normalized spacial score (nSPS) is 17.8. The number of hydrogen-bond acceptors (Lipinski definition) is 3. The van der Waals surface area contributed by atoms with Gasteiger partial charge in [0.05, 0.1) is 11.6 Å². The lowest BCUT2D eigenvalue weighted by Crippen LogP contribution is -2.21. The van der Waals surface area contributed by atoms with E-state index in [1.54, 1.807) is 18.6 Å². The summed E-state index contributed by atoms with van der Waals surface area (Å²) in [7, 11) is 0. The zero-order valence-electron chi connectivity index (χ0n) is 10.7. The number of carbonyl (C=O) groups is 1. The molecule has 19 heavy (non-hydrogen) atoms. The zero-order valence-corrected chi connectivity index (χ0v) is 10.7. The largest absolute Gasteiger partial charge is 0.299 e. The van der Waals surface area contributed by atoms with Gasteiger partial charge in [-0.2, -0.15) is 0 Å². The van der Waals surface area contributed by atoms with E-state index >= 15 is 0 Å². The second-order valence-corrected chi connectivity index (χ2v) is 4.99. The topological polar surface area (TPSA) is 42.9 Å². The van der Waals surface area contributed by atoms with E-state index in [1.807, 2.05) is 18.2 Å². The Morgan fingerprint density at radius 2 is 2.05 bits per heavy atom. The molecule has 2 aromatic rings. The summed E-state index contributed by atoms with van der Waals surface area (Å²) in [6, 6.07) is 7.85. The van der Waals surface area contributed by atoms with Crippen LogP contribution in [-0.2, 0) is 17.6 Å². The number of hydrogen-bond donors (Lipinski definition) is 0. The van der Waals surface area contributed by atoms with Crippen molar-refractivity contribution in [1.29, 1.82) is 0 Å². The van der Waals surface area contributed by atoms with Gasteiger partial charge < -0.3 is 0 Å². The molecule has 0 N–H and O–H groups in total. The Balaban J connectivity index is 1.82. The molecule has 2 heterocycles. The highest BCUT2D eigenvalue weighted by atomic mass is 16.1. The maximum Gasteiger partial charge on any atom is 0.146 e. The van der Waals surface area contributed by atoms with E-state index in [1.165, 1.54) is 5.56 Å². The first kappa shape index (κ1) is 12.0. The van der Waals surface area contributed by atoms with Crippen molar-refractivity contribution < 1.29 is 4.79 Å². The van der Waals surface area contributed by atoms with Gasteiger partial charge in [0.25, 0.3) is 0 Å². The van der Waals surface area contributed by atoms with Crippen LogP contribution in [-0.4, -0.2) is 15.8 Å². The van der Waals surface area contributed by atoms with Crippen LogP contribution in [0, 0.1) is 0 Å². The van der Waals surface area contributed by atoms with Gasteiger partial charge in [0.2, 0.25) is 0 Å². The Kier molecular flexibility index (Phi) is 3.36. The van der Waals surface area contributed by atoms with Crippen molar-refractivity contribution in [2.24, 2.45) is 0 Å². The predicted octanol–water partition coefficient (Wildman–Crippen LogP) is 2.71. The summed E-state index contributed by atoms with van der Waals surface area (Å²) in [5.74, 6) is 0.240. The number of fused-ring (bicyclic) bond motifs is 1. The van der Waals surface area contributed by atoms with Crippen molar-refractivity contribution in [2.45, 2.75) is 31.6 Å². The van der Waals surface area contributed by atoms with Gasteiger partial charge in [0.15, 0.2) is 0 Å². The summed E-state index contributed by atoms with van der Waals surface area (Å²) in [6.45, 7) is 0. The third-order valence-corrected chi connectivity index (χ3v) is 3.71.